The average molecular weight is 387 g/mol. The summed E-state index contributed by atoms with van der Waals surface area (Å²) in [4.78, 5) is 11.4. The van der Waals surface area contributed by atoms with Gasteiger partial charge in [-0.15, -0.1) is 0 Å². The lowest BCUT2D eigenvalue weighted by atomic mass is 9.78. The number of hydrogen-bond donors (Lipinski definition) is 1. The summed E-state index contributed by atoms with van der Waals surface area (Å²) in [6.07, 6.45) is 1.56. The zero-order valence-electron chi connectivity index (χ0n) is 14.9. The Morgan fingerprint density at radius 3 is 2.40 bits per heavy atom. The average Bonchev–Trinajstić information content (AvgIpc) is 2.68. The summed E-state index contributed by atoms with van der Waals surface area (Å²) in [5.41, 5.74) is -0.298. The Labute approximate surface area is 156 Å². The molecule has 0 amide bonds. The highest BCUT2D eigenvalue weighted by Crippen LogP contribution is 2.40. The van der Waals surface area contributed by atoms with Crippen LogP contribution in [0.25, 0.3) is 6.08 Å². The normalized spacial score (nSPS) is 19.3. The third-order valence-electron chi connectivity index (χ3n) is 4.40. The zero-order chi connectivity index (χ0) is 19.0. The lowest BCUT2D eigenvalue weighted by molar-refractivity contribution is -0.109. The molecule has 0 aromatic heterocycles. The van der Waals surface area contributed by atoms with Crippen LogP contribution in [0.5, 0.6) is 5.75 Å². The molecule has 0 atom stereocenters. The smallest absolute Gasteiger partial charge is 0.491 e. The molecule has 2 rings (SSSR count). The van der Waals surface area contributed by atoms with Crippen LogP contribution in [-0.2, 0) is 14.1 Å². The van der Waals surface area contributed by atoms with Gasteiger partial charge in [-0.3, -0.25) is 4.79 Å². The van der Waals surface area contributed by atoms with Crippen LogP contribution < -0.4 is 0 Å². The number of thioether (sulfide) groups is 1. The lowest BCUT2D eigenvalue weighted by Crippen LogP contribution is -2.41. The molecule has 8 heteroatoms. The predicted molar refractivity (Wildman–Crippen MR) is 100 cm³/mol. The second-order valence-electron chi connectivity index (χ2n) is 6.91. The lowest BCUT2D eigenvalue weighted by Gasteiger charge is -2.32. The summed E-state index contributed by atoms with van der Waals surface area (Å²) in [5.74, 6) is -1.03. The molecule has 0 spiro atoms. The molecule has 0 saturated carbocycles. The Hall–Kier alpha value is -1.02. The van der Waals surface area contributed by atoms with Crippen LogP contribution in [0.2, 0.25) is 5.02 Å². The van der Waals surface area contributed by atoms with E-state index in [9.17, 15) is 14.3 Å². The molecule has 1 saturated heterocycles. The predicted octanol–water partition coefficient (Wildman–Crippen LogP) is 4.48. The molecule has 1 aromatic carbocycles. The fourth-order valence-corrected chi connectivity index (χ4v) is 3.06. The van der Waals surface area contributed by atoms with Crippen molar-refractivity contribution in [2.75, 3.05) is 5.75 Å². The highest BCUT2D eigenvalue weighted by molar-refractivity contribution is 8.13. The van der Waals surface area contributed by atoms with Gasteiger partial charge in [0.2, 0.25) is 0 Å². The first-order valence-corrected chi connectivity index (χ1v) is 9.17. The number of aromatic hydroxyl groups is 1. The van der Waals surface area contributed by atoms with Gasteiger partial charge in [-0.25, -0.2) is 4.39 Å². The largest absolute Gasteiger partial charge is 0.504 e. The minimum atomic E-state index is -0.814. The molecule has 1 N–H and O–H groups in total. The summed E-state index contributed by atoms with van der Waals surface area (Å²) in [6, 6.07) is 2.48. The molecule has 0 radical (unpaired) electrons. The van der Waals surface area contributed by atoms with Crippen molar-refractivity contribution < 1.29 is 23.6 Å². The second kappa shape index (κ2) is 7.31. The van der Waals surface area contributed by atoms with Crippen molar-refractivity contribution in [1.82, 2.24) is 0 Å². The van der Waals surface area contributed by atoms with Gasteiger partial charge in [-0.05, 0) is 45.3 Å². The topological polar surface area (TPSA) is 55.8 Å². The molecule has 1 aliphatic rings. The molecule has 1 aromatic rings. The Morgan fingerprint density at radius 1 is 1.32 bits per heavy atom. The van der Waals surface area contributed by atoms with Gasteiger partial charge in [-0.1, -0.05) is 29.4 Å². The van der Waals surface area contributed by atoms with Crippen molar-refractivity contribution in [3.05, 3.63) is 34.0 Å². The zero-order valence-corrected chi connectivity index (χ0v) is 16.4. The minimum Gasteiger partial charge on any atom is -0.504 e. The summed E-state index contributed by atoms with van der Waals surface area (Å²) in [7, 11) is -0.710. The molecule has 0 unspecified atom stereocenters. The van der Waals surface area contributed by atoms with Gasteiger partial charge in [0.05, 0.1) is 11.2 Å². The Kier molecular flexibility index (Phi) is 5.94. The van der Waals surface area contributed by atoms with E-state index in [0.29, 0.717) is 11.2 Å². The van der Waals surface area contributed by atoms with Gasteiger partial charge in [0.25, 0.3) is 0 Å². The van der Waals surface area contributed by atoms with E-state index < -0.39 is 29.9 Å². The monoisotopic (exact) mass is 386 g/mol. The molecular weight excluding hydrogens is 366 g/mol. The van der Waals surface area contributed by atoms with Gasteiger partial charge in [0, 0.05) is 23.3 Å². The first-order chi connectivity index (χ1) is 11.4. The number of phenolic OH excluding ortho intramolecular Hbond substituents is 1. The second-order valence-corrected chi connectivity index (χ2v) is 8.50. The molecule has 1 aliphatic heterocycles. The molecule has 1 fully saturated rings. The number of carbonyl (C=O) groups is 1. The van der Waals surface area contributed by atoms with Gasteiger partial charge < -0.3 is 14.4 Å². The summed E-state index contributed by atoms with van der Waals surface area (Å²) in [6.45, 7) is 9.13. The van der Waals surface area contributed by atoms with Crippen LogP contribution in [0.15, 0.2) is 17.6 Å². The molecule has 25 heavy (non-hydrogen) atoms. The van der Waals surface area contributed by atoms with Crippen LogP contribution in [0.4, 0.5) is 4.39 Å². The SMILES string of the molecule is CC(=O)SCC(=Cc1cc(Cl)cc(F)c1O)B1OC(C)(C)C(C)(C)O1. The molecule has 136 valence electrons. The van der Waals surface area contributed by atoms with E-state index >= 15 is 0 Å². The molecular formula is C17H21BClFO4S. The molecule has 0 bridgehead atoms. The van der Waals surface area contributed by atoms with Crippen LogP contribution in [-0.4, -0.2) is 34.3 Å². The van der Waals surface area contributed by atoms with Crippen LogP contribution in [0.1, 0.15) is 40.2 Å². The number of carbonyl (C=O) groups excluding carboxylic acids is 1. The first-order valence-electron chi connectivity index (χ1n) is 7.80. The standard InChI is InChI=1S/C17H21BClFO4S/c1-10(21)25-9-12(18-23-16(2,3)17(4,5)24-18)6-11-7-13(19)8-14(20)15(11)22/h6-8,22H,9H2,1-5H3. The maximum absolute atomic E-state index is 13.7. The molecule has 1 heterocycles. The molecule has 4 nitrogen and oxygen atoms in total. The first kappa shape index (κ1) is 20.3. The third-order valence-corrected chi connectivity index (χ3v) is 5.50. The van der Waals surface area contributed by atoms with Gasteiger partial charge in [0.1, 0.15) is 0 Å². The van der Waals surface area contributed by atoms with Crippen molar-refractivity contribution in [3.8, 4) is 5.75 Å². The Bertz CT molecular complexity index is 705. The van der Waals surface area contributed by atoms with E-state index in [0.717, 1.165) is 17.8 Å². The van der Waals surface area contributed by atoms with Crippen LogP contribution >= 0.6 is 23.4 Å². The maximum Gasteiger partial charge on any atom is 0.491 e. The van der Waals surface area contributed by atoms with Gasteiger partial charge in [0.15, 0.2) is 16.7 Å². The van der Waals surface area contributed by atoms with E-state index in [2.05, 4.69) is 0 Å². The Morgan fingerprint density at radius 2 is 1.88 bits per heavy atom. The van der Waals surface area contributed by atoms with Crippen molar-refractivity contribution in [1.29, 1.82) is 0 Å². The third kappa shape index (κ3) is 4.59. The number of halogens is 2. The van der Waals surface area contributed by atoms with E-state index in [4.69, 9.17) is 20.9 Å². The quantitative estimate of drug-likeness (QED) is 0.773. The van der Waals surface area contributed by atoms with Gasteiger partial charge >= 0.3 is 7.12 Å². The number of benzene rings is 1. The van der Waals surface area contributed by atoms with Gasteiger partial charge in [-0.2, -0.15) is 0 Å². The molecule has 0 aliphatic carbocycles. The van der Waals surface area contributed by atoms with Crippen molar-refractivity contribution in [3.63, 3.8) is 0 Å². The van der Waals surface area contributed by atoms with E-state index in [1.165, 1.54) is 13.0 Å². The van der Waals surface area contributed by atoms with Crippen molar-refractivity contribution in [2.45, 2.75) is 45.8 Å². The Balaban J connectivity index is 2.42. The highest BCUT2D eigenvalue weighted by atomic mass is 35.5. The number of phenols is 1. The fraction of sp³-hybridized carbons (Fsp3) is 0.471. The number of rotatable bonds is 4. The van der Waals surface area contributed by atoms with Crippen molar-refractivity contribution >= 4 is 41.7 Å². The summed E-state index contributed by atoms with van der Waals surface area (Å²) >= 11 is 6.97. The van der Waals surface area contributed by atoms with Crippen molar-refractivity contribution in [2.24, 2.45) is 0 Å². The summed E-state index contributed by atoms with van der Waals surface area (Å²) in [5, 5.41) is 10.1. The number of hydrogen-bond acceptors (Lipinski definition) is 5. The van der Waals surface area contributed by atoms with E-state index in [1.807, 2.05) is 27.7 Å². The highest BCUT2D eigenvalue weighted by Gasteiger charge is 2.52. The fourth-order valence-electron chi connectivity index (χ4n) is 2.25. The van der Waals surface area contributed by atoms with E-state index in [-0.39, 0.29) is 15.7 Å². The van der Waals surface area contributed by atoms with Crippen LogP contribution in [0.3, 0.4) is 0 Å². The van der Waals surface area contributed by atoms with E-state index in [1.54, 1.807) is 6.08 Å². The van der Waals surface area contributed by atoms with Crippen LogP contribution in [0, 0.1) is 5.82 Å². The summed E-state index contributed by atoms with van der Waals surface area (Å²) < 4.78 is 25.8. The minimum absolute atomic E-state index is 0.0658. The maximum atomic E-state index is 13.7.